The van der Waals surface area contributed by atoms with Crippen molar-refractivity contribution in [3.63, 3.8) is 0 Å². The van der Waals surface area contributed by atoms with Crippen molar-refractivity contribution in [2.24, 2.45) is 5.92 Å². The summed E-state index contributed by atoms with van der Waals surface area (Å²) in [7, 11) is -4.16. The smallest absolute Gasteiger partial charge is 0.304 e. The molecule has 0 atom stereocenters. The number of ether oxygens (including phenoxy) is 2. The van der Waals surface area contributed by atoms with E-state index in [-0.39, 0.29) is 46.4 Å². The van der Waals surface area contributed by atoms with E-state index in [0.717, 1.165) is 25.0 Å². The maximum absolute atomic E-state index is 14.8. The number of pyridine rings is 1. The summed E-state index contributed by atoms with van der Waals surface area (Å²) in [5.41, 5.74) is -0.532. The lowest BCUT2D eigenvalue weighted by molar-refractivity contribution is 0.0975. The van der Waals surface area contributed by atoms with E-state index in [1.807, 2.05) is 32.4 Å². The zero-order chi connectivity index (χ0) is 26.9. The second kappa shape index (κ2) is 14.0. The van der Waals surface area contributed by atoms with E-state index in [9.17, 15) is 17.6 Å². The second-order valence-electron chi connectivity index (χ2n) is 8.57. The summed E-state index contributed by atoms with van der Waals surface area (Å²) in [6.07, 6.45) is 4.17. The second-order valence-corrected chi connectivity index (χ2v) is 11.1. The molecule has 8 nitrogen and oxygen atoms in total. The Bertz CT molecular complexity index is 1140. The molecule has 0 aliphatic heterocycles. The van der Waals surface area contributed by atoms with Gasteiger partial charge in [-0.3, -0.25) is 4.79 Å². The molecule has 0 radical (unpaired) electrons. The molecule has 1 N–H and O–H groups in total. The number of hydrogen-bond acceptors (Lipinski definition) is 6. The molecule has 0 saturated carbocycles. The highest BCUT2D eigenvalue weighted by Gasteiger charge is 2.26. The normalized spacial score (nSPS) is 11.7. The van der Waals surface area contributed by atoms with Crippen molar-refractivity contribution in [3.05, 3.63) is 45.8 Å². The van der Waals surface area contributed by atoms with E-state index < -0.39 is 27.5 Å². The SMILES string of the molecule is CCCCN(CCCC)S(=O)(=O)NC(=O)c1cc(Cl)c(Oc2cnc(OCC(C)C)c(Cl)c2)cc1F. The summed E-state index contributed by atoms with van der Waals surface area (Å²) in [6, 6.07) is 3.34. The highest BCUT2D eigenvalue weighted by Crippen LogP contribution is 2.34. The molecule has 0 saturated heterocycles. The van der Waals surface area contributed by atoms with Crippen LogP contribution in [0.2, 0.25) is 10.0 Å². The van der Waals surface area contributed by atoms with E-state index in [2.05, 4.69) is 4.98 Å². The van der Waals surface area contributed by atoms with Crippen LogP contribution in [0.3, 0.4) is 0 Å². The van der Waals surface area contributed by atoms with Crippen molar-refractivity contribution in [2.45, 2.75) is 53.4 Å². The number of amides is 1. The van der Waals surface area contributed by atoms with Gasteiger partial charge in [-0.25, -0.2) is 14.1 Å². The van der Waals surface area contributed by atoms with Gasteiger partial charge in [0, 0.05) is 25.2 Å². The largest absolute Gasteiger partial charge is 0.476 e. The molecule has 1 aromatic carbocycles. The maximum atomic E-state index is 14.8. The van der Waals surface area contributed by atoms with Crippen LogP contribution in [0.25, 0.3) is 0 Å². The Morgan fingerprint density at radius 2 is 1.75 bits per heavy atom. The van der Waals surface area contributed by atoms with Crippen LogP contribution in [0.15, 0.2) is 24.4 Å². The van der Waals surface area contributed by atoms with Crippen molar-refractivity contribution >= 4 is 39.3 Å². The quantitative estimate of drug-likeness (QED) is 0.292. The average Bonchev–Trinajstić information content (AvgIpc) is 2.80. The molecule has 2 rings (SSSR count). The van der Waals surface area contributed by atoms with E-state index in [1.165, 1.54) is 16.6 Å². The summed E-state index contributed by atoms with van der Waals surface area (Å²) >= 11 is 12.4. The number of nitrogens with one attached hydrogen (secondary N) is 1. The van der Waals surface area contributed by atoms with Crippen molar-refractivity contribution in [1.82, 2.24) is 14.0 Å². The molecule has 0 fully saturated rings. The lowest BCUT2D eigenvalue weighted by Gasteiger charge is -2.22. The summed E-state index contributed by atoms with van der Waals surface area (Å²) in [5.74, 6) is -1.56. The molecular formula is C24H32Cl2FN3O5S. The van der Waals surface area contributed by atoms with Gasteiger partial charge in [0.15, 0.2) is 0 Å². The Labute approximate surface area is 222 Å². The van der Waals surface area contributed by atoms with Crippen molar-refractivity contribution in [1.29, 1.82) is 0 Å². The Morgan fingerprint density at radius 1 is 1.11 bits per heavy atom. The third-order valence-electron chi connectivity index (χ3n) is 4.91. The Hall–Kier alpha value is -2.14. The zero-order valence-electron chi connectivity index (χ0n) is 20.8. The molecule has 0 spiro atoms. The number of hydrogen-bond donors (Lipinski definition) is 1. The standard InChI is InChI=1S/C24H32Cl2FN3O5S/c1-5-7-9-30(10-8-6-2)36(32,33)29-23(31)18-12-19(25)22(13-21(18)27)35-17-11-20(26)24(28-14-17)34-15-16(3)4/h11-14,16H,5-10,15H2,1-4H3,(H,29,31). The first-order valence-corrected chi connectivity index (χ1v) is 14.0. The summed E-state index contributed by atoms with van der Waals surface area (Å²) in [5, 5.41) is 0.0886. The van der Waals surface area contributed by atoms with E-state index in [1.54, 1.807) is 0 Å². The lowest BCUT2D eigenvalue weighted by atomic mass is 10.2. The topological polar surface area (TPSA) is 97.8 Å². The molecule has 2 aromatic rings. The molecule has 1 aromatic heterocycles. The van der Waals surface area contributed by atoms with Crippen LogP contribution in [0, 0.1) is 11.7 Å². The van der Waals surface area contributed by atoms with Crippen LogP contribution in [-0.4, -0.2) is 43.3 Å². The van der Waals surface area contributed by atoms with Crippen LogP contribution in [0.4, 0.5) is 4.39 Å². The number of carbonyl (C=O) groups excluding carboxylic acids is 1. The van der Waals surface area contributed by atoms with E-state index in [0.29, 0.717) is 19.4 Å². The van der Waals surface area contributed by atoms with Crippen LogP contribution < -0.4 is 14.2 Å². The third-order valence-corrected chi connectivity index (χ3v) is 6.97. The first-order chi connectivity index (χ1) is 17.0. The Morgan fingerprint density at radius 3 is 2.31 bits per heavy atom. The lowest BCUT2D eigenvalue weighted by Crippen LogP contribution is -2.44. The summed E-state index contributed by atoms with van der Waals surface area (Å²) in [6.45, 7) is 8.77. The number of benzene rings is 1. The fourth-order valence-corrected chi connectivity index (χ4v) is 4.61. The van der Waals surface area contributed by atoms with Gasteiger partial charge in [-0.1, -0.05) is 63.7 Å². The predicted octanol–water partition coefficient (Wildman–Crippen LogP) is 6.23. The molecule has 0 unspecified atom stereocenters. The van der Waals surface area contributed by atoms with Gasteiger partial charge in [0.2, 0.25) is 5.88 Å². The van der Waals surface area contributed by atoms with Gasteiger partial charge in [0.05, 0.1) is 23.4 Å². The number of unbranched alkanes of at least 4 members (excludes halogenated alkanes) is 2. The highest BCUT2D eigenvalue weighted by molar-refractivity contribution is 7.87. The zero-order valence-corrected chi connectivity index (χ0v) is 23.1. The van der Waals surface area contributed by atoms with Gasteiger partial charge in [-0.05, 0) is 24.8 Å². The molecule has 36 heavy (non-hydrogen) atoms. The Balaban J connectivity index is 2.18. The van der Waals surface area contributed by atoms with Gasteiger partial charge >= 0.3 is 10.2 Å². The van der Waals surface area contributed by atoms with Gasteiger partial charge in [0.25, 0.3) is 5.91 Å². The fourth-order valence-electron chi connectivity index (χ4n) is 2.98. The molecule has 0 aliphatic rings. The highest BCUT2D eigenvalue weighted by atomic mass is 35.5. The molecule has 200 valence electrons. The molecule has 12 heteroatoms. The number of halogens is 3. The van der Waals surface area contributed by atoms with Crippen LogP contribution in [-0.2, 0) is 10.2 Å². The minimum Gasteiger partial charge on any atom is -0.476 e. The van der Waals surface area contributed by atoms with E-state index >= 15 is 0 Å². The van der Waals surface area contributed by atoms with Crippen LogP contribution in [0.5, 0.6) is 17.4 Å². The molecular weight excluding hydrogens is 532 g/mol. The number of rotatable bonds is 14. The molecule has 1 heterocycles. The number of aromatic nitrogens is 1. The minimum absolute atomic E-state index is 0.102. The first-order valence-electron chi connectivity index (χ1n) is 11.8. The maximum Gasteiger partial charge on any atom is 0.304 e. The fraction of sp³-hybridized carbons (Fsp3) is 0.500. The van der Waals surface area contributed by atoms with Gasteiger partial charge < -0.3 is 9.47 Å². The molecule has 1 amide bonds. The van der Waals surface area contributed by atoms with Crippen molar-refractivity contribution < 1.29 is 27.1 Å². The van der Waals surface area contributed by atoms with Crippen LogP contribution in [0.1, 0.15) is 63.7 Å². The molecule has 0 aliphatic carbocycles. The summed E-state index contributed by atoms with van der Waals surface area (Å²) in [4.78, 5) is 16.7. The summed E-state index contributed by atoms with van der Waals surface area (Å²) < 4.78 is 54.6. The Kier molecular flexibility index (Phi) is 11.7. The first kappa shape index (κ1) is 30.1. The van der Waals surface area contributed by atoms with Gasteiger partial charge in [-0.15, -0.1) is 0 Å². The number of nitrogens with zero attached hydrogens (tertiary/aromatic N) is 2. The van der Waals surface area contributed by atoms with Crippen molar-refractivity contribution in [2.75, 3.05) is 19.7 Å². The van der Waals surface area contributed by atoms with E-state index in [4.69, 9.17) is 32.7 Å². The molecule has 0 bridgehead atoms. The monoisotopic (exact) mass is 563 g/mol. The average molecular weight is 565 g/mol. The minimum atomic E-state index is -4.16. The third kappa shape index (κ3) is 8.76. The van der Waals surface area contributed by atoms with Gasteiger partial charge in [0.1, 0.15) is 22.3 Å². The van der Waals surface area contributed by atoms with Gasteiger partial charge in [-0.2, -0.15) is 12.7 Å². The van der Waals surface area contributed by atoms with Crippen molar-refractivity contribution in [3.8, 4) is 17.4 Å². The number of carbonyl (C=O) groups is 1. The predicted molar refractivity (Wildman–Crippen MR) is 139 cm³/mol. The van der Waals surface area contributed by atoms with Crippen LogP contribution >= 0.6 is 23.2 Å².